The maximum Gasteiger partial charge on any atom is 0.460 e. The van der Waals surface area contributed by atoms with E-state index in [2.05, 4.69) is 0 Å². The summed E-state index contributed by atoms with van der Waals surface area (Å²) >= 11 is 0. The van der Waals surface area contributed by atoms with Crippen molar-refractivity contribution in [2.75, 3.05) is 44.5 Å². The van der Waals surface area contributed by atoms with Crippen LogP contribution < -0.4 is 0 Å². The second-order valence-corrected chi connectivity index (χ2v) is 11.0. The number of rotatable bonds is 14. The molecule has 0 aromatic rings. The summed E-state index contributed by atoms with van der Waals surface area (Å²) in [6.45, 7) is -1.09. The minimum absolute atomic E-state index is 0.0886. The van der Waals surface area contributed by atoms with Gasteiger partial charge in [0.2, 0.25) is 0 Å². The highest BCUT2D eigenvalue weighted by Crippen LogP contribution is 2.63. The first-order chi connectivity index (χ1) is 12.6. The van der Waals surface area contributed by atoms with Crippen molar-refractivity contribution in [1.82, 2.24) is 0 Å². The van der Waals surface area contributed by atoms with Gasteiger partial charge in [-0.25, -0.2) is 0 Å². The minimum atomic E-state index is -6.91. The molecule has 0 rings (SSSR count). The molecular weight excluding hydrogens is 430 g/mol. The molecular formula is C15H25F9O3P+. The Kier molecular flexibility index (Phi) is 10.5. The summed E-state index contributed by atoms with van der Waals surface area (Å²) in [5.41, 5.74) is 0. The lowest BCUT2D eigenvalue weighted by Gasteiger charge is -2.35. The van der Waals surface area contributed by atoms with Crippen LogP contribution in [0.4, 0.5) is 39.5 Å². The topological polar surface area (TPSA) is 60.7 Å². The third-order valence-corrected chi connectivity index (χ3v) is 9.45. The first-order valence-electron chi connectivity index (χ1n) is 8.52. The zero-order valence-electron chi connectivity index (χ0n) is 15.0. The normalized spacial score (nSPS) is 14.6. The van der Waals surface area contributed by atoms with E-state index in [0.717, 1.165) is 0 Å². The van der Waals surface area contributed by atoms with Crippen LogP contribution in [0, 0.1) is 0 Å². The van der Waals surface area contributed by atoms with Gasteiger partial charge in [-0.1, -0.05) is 0 Å². The van der Waals surface area contributed by atoms with Crippen LogP contribution in [0.5, 0.6) is 0 Å². The Balaban J connectivity index is 5.63. The molecule has 28 heavy (non-hydrogen) atoms. The highest BCUT2D eigenvalue weighted by Gasteiger charge is 2.81. The van der Waals surface area contributed by atoms with Crippen molar-refractivity contribution in [3.8, 4) is 0 Å². The van der Waals surface area contributed by atoms with Crippen LogP contribution in [0.15, 0.2) is 0 Å². The standard InChI is InChI=1S/C15H25F9O3P/c16-12(17,13(18,19)14(20,21)15(22,23)24)4-11-28(8-1-5-25,9-2-6-26)10-3-7-27/h25-27H,1-11H2/q+1. The molecule has 0 saturated carbocycles. The smallest absolute Gasteiger partial charge is 0.396 e. The lowest BCUT2D eigenvalue weighted by molar-refractivity contribution is -0.396. The molecule has 0 fully saturated rings. The van der Waals surface area contributed by atoms with Crippen LogP contribution >= 0.6 is 7.26 Å². The number of aliphatic hydroxyl groups excluding tert-OH is 3. The number of aliphatic hydroxyl groups is 3. The van der Waals surface area contributed by atoms with Crippen molar-refractivity contribution < 1.29 is 54.8 Å². The molecule has 0 aliphatic heterocycles. The fourth-order valence-electron chi connectivity index (χ4n) is 2.83. The Morgan fingerprint density at radius 1 is 0.536 bits per heavy atom. The van der Waals surface area contributed by atoms with Gasteiger partial charge in [0, 0.05) is 46.3 Å². The Bertz CT molecular complexity index is 435. The monoisotopic (exact) mass is 455 g/mol. The SMILES string of the molecule is OCCC[P+](CCCO)(CCCO)CCC(F)(F)C(F)(F)C(F)(F)C(F)(F)F. The number of hydrogen-bond donors (Lipinski definition) is 3. The molecule has 13 heteroatoms. The molecule has 0 bridgehead atoms. The third kappa shape index (κ3) is 6.60. The van der Waals surface area contributed by atoms with Gasteiger partial charge in [-0.3, -0.25) is 0 Å². The van der Waals surface area contributed by atoms with E-state index in [1.807, 2.05) is 0 Å². The van der Waals surface area contributed by atoms with Gasteiger partial charge in [0.15, 0.2) is 0 Å². The second-order valence-electron chi connectivity index (χ2n) is 6.57. The highest BCUT2D eigenvalue weighted by molar-refractivity contribution is 7.75. The fourth-order valence-corrected chi connectivity index (χ4v) is 7.36. The summed E-state index contributed by atoms with van der Waals surface area (Å²) in [4.78, 5) is 0. The van der Waals surface area contributed by atoms with Crippen LogP contribution in [0.2, 0.25) is 0 Å². The molecule has 0 saturated heterocycles. The van der Waals surface area contributed by atoms with Crippen LogP contribution in [0.3, 0.4) is 0 Å². The molecule has 0 aromatic carbocycles. The van der Waals surface area contributed by atoms with E-state index >= 15 is 0 Å². The third-order valence-electron chi connectivity index (χ3n) is 4.48. The predicted octanol–water partition coefficient (Wildman–Crippen LogP) is 4.01. The van der Waals surface area contributed by atoms with E-state index in [1.54, 1.807) is 0 Å². The van der Waals surface area contributed by atoms with Gasteiger partial charge in [-0.05, 0) is 0 Å². The van der Waals surface area contributed by atoms with Crippen molar-refractivity contribution in [2.24, 2.45) is 0 Å². The van der Waals surface area contributed by atoms with Crippen LogP contribution in [-0.4, -0.2) is 83.7 Å². The summed E-state index contributed by atoms with van der Waals surface area (Å²) in [6, 6.07) is 0. The van der Waals surface area contributed by atoms with Crippen LogP contribution in [0.25, 0.3) is 0 Å². The molecule has 0 aromatic heterocycles. The van der Waals surface area contributed by atoms with Gasteiger partial charge in [0.05, 0.1) is 31.1 Å². The minimum Gasteiger partial charge on any atom is -0.396 e. The lowest BCUT2D eigenvalue weighted by atomic mass is 10.0. The highest BCUT2D eigenvalue weighted by atomic mass is 31.2. The zero-order chi connectivity index (χ0) is 22.3. The van der Waals surface area contributed by atoms with E-state index in [9.17, 15) is 39.5 Å². The molecule has 0 heterocycles. The molecule has 0 aliphatic carbocycles. The summed E-state index contributed by atoms with van der Waals surface area (Å²) < 4.78 is 117. The van der Waals surface area contributed by atoms with Crippen molar-refractivity contribution in [3.63, 3.8) is 0 Å². The van der Waals surface area contributed by atoms with E-state index in [1.165, 1.54) is 0 Å². The van der Waals surface area contributed by atoms with Gasteiger partial charge in [0.1, 0.15) is 0 Å². The molecule has 0 atom stereocenters. The average molecular weight is 455 g/mol. The Morgan fingerprint density at radius 2 is 0.893 bits per heavy atom. The molecule has 3 N–H and O–H groups in total. The van der Waals surface area contributed by atoms with Crippen LogP contribution in [-0.2, 0) is 0 Å². The molecule has 0 aliphatic rings. The number of hydrogen-bond acceptors (Lipinski definition) is 3. The first-order valence-corrected chi connectivity index (χ1v) is 11.0. The van der Waals surface area contributed by atoms with Crippen molar-refractivity contribution in [3.05, 3.63) is 0 Å². The quantitative estimate of drug-likeness (QED) is 0.274. The van der Waals surface area contributed by atoms with E-state index in [4.69, 9.17) is 15.3 Å². The Morgan fingerprint density at radius 3 is 1.18 bits per heavy atom. The summed E-state index contributed by atoms with van der Waals surface area (Å²) in [5, 5.41) is 26.9. The molecule has 170 valence electrons. The molecule has 3 nitrogen and oxygen atoms in total. The molecule has 0 unspecified atom stereocenters. The Labute approximate surface area is 157 Å². The largest absolute Gasteiger partial charge is 0.460 e. The van der Waals surface area contributed by atoms with Gasteiger partial charge in [-0.15, -0.1) is 0 Å². The van der Waals surface area contributed by atoms with Gasteiger partial charge in [0.25, 0.3) is 0 Å². The summed E-state index contributed by atoms with van der Waals surface area (Å²) in [6.07, 6.45) is -8.92. The van der Waals surface area contributed by atoms with Crippen molar-refractivity contribution in [2.45, 2.75) is 49.6 Å². The average Bonchev–Trinajstić information content (AvgIpc) is 2.59. The van der Waals surface area contributed by atoms with Gasteiger partial charge in [-0.2, -0.15) is 39.5 Å². The summed E-state index contributed by atoms with van der Waals surface area (Å²) in [7, 11) is -2.62. The number of alkyl halides is 9. The lowest BCUT2D eigenvalue weighted by Crippen LogP contribution is -2.61. The number of halogens is 9. The van der Waals surface area contributed by atoms with Gasteiger partial charge >= 0.3 is 23.9 Å². The van der Waals surface area contributed by atoms with E-state index < -0.39 is 43.8 Å². The maximum atomic E-state index is 13.9. The molecule has 0 spiro atoms. The fraction of sp³-hybridized carbons (Fsp3) is 1.00. The zero-order valence-corrected chi connectivity index (χ0v) is 15.9. The van der Waals surface area contributed by atoms with Crippen molar-refractivity contribution in [1.29, 1.82) is 0 Å². The van der Waals surface area contributed by atoms with Gasteiger partial charge < -0.3 is 15.3 Å². The summed E-state index contributed by atoms with van der Waals surface area (Å²) in [5.74, 6) is -19.2. The van der Waals surface area contributed by atoms with E-state index in [0.29, 0.717) is 0 Å². The van der Waals surface area contributed by atoms with Crippen LogP contribution in [0.1, 0.15) is 25.7 Å². The first kappa shape index (κ1) is 27.7. The molecule has 0 radical (unpaired) electrons. The molecule has 0 amide bonds. The second kappa shape index (κ2) is 10.6. The maximum absolute atomic E-state index is 13.9. The van der Waals surface area contributed by atoms with Crippen molar-refractivity contribution >= 4 is 7.26 Å². The Hall–Kier alpha value is -0.320. The predicted molar refractivity (Wildman–Crippen MR) is 87.0 cm³/mol. The van der Waals surface area contributed by atoms with E-state index in [-0.39, 0.29) is 57.6 Å².